The van der Waals surface area contributed by atoms with Crippen LogP contribution in [0.25, 0.3) is 0 Å². The number of ether oxygens (including phenoxy) is 2. The highest BCUT2D eigenvalue weighted by atomic mass is 16.7. The monoisotopic (exact) mass is 232 g/mol. The summed E-state index contributed by atoms with van der Waals surface area (Å²) in [5.41, 5.74) is 1.06. The molecule has 2 unspecified atom stereocenters. The Morgan fingerprint density at radius 3 is 2.82 bits per heavy atom. The smallest absolute Gasteiger partial charge is 0.231 e. The van der Waals surface area contributed by atoms with E-state index in [0.717, 1.165) is 23.5 Å². The van der Waals surface area contributed by atoms with Crippen LogP contribution in [0.1, 0.15) is 24.9 Å². The summed E-state index contributed by atoms with van der Waals surface area (Å²) in [5.74, 6) is 1.49. The Bertz CT molecular complexity index is 440. The van der Waals surface area contributed by atoms with Crippen LogP contribution in [0.5, 0.6) is 11.5 Å². The largest absolute Gasteiger partial charge is 0.454 e. The molecular weight excluding hydrogens is 216 g/mol. The molecule has 1 aromatic carbocycles. The Morgan fingerprint density at radius 1 is 1.41 bits per heavy atom. The van der Waals surface area contributed by atoms with Gasteiger partial charge in [0.25, 0.3) is 0 Å². The second-order valence-corrected chi connectivity index (χ2v) is 4.02. The molecule has 1 heterocycles. The molecule has 0 aromatic heterocycles. The second kappa shape index (κ2) is 5.07. The standard InChI is InChI=1S/C13H16N2O2/c1-3-9(7-14)13(15-2)10-4-5-11-12(6-10)17-8-16-11/h4-6,9,13,15H,3,8H2,1-2H3. The lowest BCUT2D eigenvalue weighted by Crippen LogP contribution is -2.23. The predicted octanol–water partition coefficient (Wildman–Crippen LogP) is 2.23. The summed E-state index contributed by atoms with van der Waals surface area (Å²) in [6.45, 7) is 2.30. The molecule has 2 atom stereocenters. The van der Waals surface area contributed by atoms with Crippen molar-refractivity contribution in [2.24, 2.45) is 5.92 Å². The van der Waals surface area contributed by atoms with E-state index in [4.69, 9.17) is 14.7 Å². The van der Waals surface area contributed by atoms with Crippen molar-refractivity contribution in [1.29, 1.82) is 5.26 Å². The molecule has 0 amide bonds. The van der Waals surface area contributed by atoms with Crippen LogP contribution in [0.15, 0.2) is 18.2 Å². The molecule has 17 heavy (non-hydrogen) atoms. The normalized spacial score (nSPS) is 16.3. The summed E-state index contributed by atoms with van der Waals surface area (Å²) in [4.78, 5) is 0. The third-order valence-corrected chi connectivity index (χ3v) is 3.07. The quantitative estimate of drug-likeness (QED) is 0.864. The Labute approximate surface area is 101 Å². The Kier molecular flexibility index (Phi) is 3.50. The summed E-state index contributed by atoms with van der Waals surface area (Å²) in [5, 5.41) is 12.3. The Morgan fingerprint density at radius 2 is 2.18 bits per heavy atom. The first kappa shape index (κ1) is 11.7. The van der Waals surface area contributed by atoms with Crippen LogP contribution in [-0.2, 0) is 0 Å². The third kappa shape index (κ3) is 2.20. The van der Waals surface area contributed by atoms with E-state index in [1.807, 2.05) is 32.2 Å². The highest BCUT2D eigenvalue weighted by Gasteiger charge is 2.22. The van der Waals surface area contributed by atoms with Crippen molar-refractivity contribution in [2.45, 2.75) is 19.4 Å². The number of hydrogen-bond donors (Lipinski definition) is 1. The lowest BCUT2D eigenvalue weighted by Gasteiger charge is -2.21. The molecule has 0 saturated heterocycles. The molecule has 0 fully saturated rings. The van der Waals surface area contributed by atoms with E-state index >= 15 is 0 Å². The van der Waals surface area contributed by atoms with Gasteiger partial charge >= 0.3 is 0 Å². The highest BCUT2D eigenvalue weighted by Crippen LogP contribution is 2.35. The van der Waals surface area contributed by atoms with E-state index in [1.165, 1.54) is 0 Å². The number of benzene rings is 1. The first-order chi connectivity index (χ1) is 8.30. The van der Waals surface area contributed by atoms with E-state index in [9.17, 15) is 0 Å². The van der Waals surface area contributed by atoms with Crippen LogP contribution in [0, 0.1) is 17.2 Å². The van der Waals surface area contributed by atoms with Gasteiger partial charge in [-0.2, -0.15) is 5.26 Å². The lowest BCUT2D eigenvalue weighted by molar-refractivity contribution is 0.174. The average Bonchev–Trinajstić information content (AvgIpc) is 2.82. The molecule has 1 N–H and O–H groups in total. The first-order valence-electron chi connectivity index (χ1n) is 5.76. The number of hydrogen-bond acceptors (Lipinski definition) is 4. The van der Waals surface area contributed by atoms with E-state index in [-0.39, 0.29) is 18.8 Å². The van der Waals surface area contributed by atoms with Gasteiger partial charge in [-0.15, -0.1) is 0 Å². The van der Waals surface area contributed by atoms with Gasteiger partial charge in [0, 0.05) is 6.04 Å². The number of nitrogens with one attached hydrogen (secondary N) is 1. The molecule has 0 radical (unpaired) electrons. The van der Waals surface area contributed by atoms with Crippen LogP contribution in [-0.4, -0.2) is 13.8 Å². The fourth-order valence-corrected chi connectivity index (χ4v) is 2.11. The summed E-state index contributed by atoms with van der Waals surface area (Å²) < 4.78 is 10.6. The number of rotatable bonds is 4. The molecule has 0 bridgehead atoms. The van der Waals surface area contributed by atoms with Gasteiger partial charge in [0.15, 0.2) is 11.5 Å². The fraction of sp³-hybridized carbons (Fsp3) is 0.462. The maximum absolute atomic E-state index is 9.14. The summed E-state index contributed by atoms with van der Waals surface area (Å²) >= 11 is 0. The molecule has 0 spiro atoms. The molecule has 0 saturated carbocycles. The maximum atomic E-state index is 9.14. The van der Waals surface area contributed by atoms with Gasteiger partial charge in [0.2, 0.25) is 6.79 Å². The van der Waals surface area contributed by atoms with E-state index in [1.54, 1.807) is 0 Å². The average molecular weight is 232 g/mol. The van der Waals surface area contributed by atoms with Gasteiger partial charge in [-0.1, -0.05) is 13.0 Å². The topological polar surface area (TPSA) is 54.3 Å². The van der Waals surface area contributed by atoms with E-state index in [0.29, 0.717) is 0 Å². The zero-order valence-corrected chi connectivity index (χ0v) is 10.1. The van der Waals surface area contributed by atoms with Gasteiger partial charge in [-0.05, 0) is 31.2 Å². The minimum absolute atomic E-state index is 0.0273. The molecule has 0 aliphatic carbocycles. The van der Waals surface area contributed by atoms with Gasteiger partial charge in [0.05, 0.1) is 12.0 Å². The van der Waals surface area contributed by atoms with Crippen molar-refractivity contribution in [3.05, 3.63) is 23.8 Å². The molecule has 90 valence electrons. The molecule has 4 nitrogen and oxygen atoms in total. The maximum Gasteiger partial charge on any atom is 0.231 e. The van der Waals surface area contributed by atoms with Crippen LogP contribution in [0.3, 0.4) is 0 Å². The zero-order valence-electron chi connectivity index (χ0n) is 10.1. The molecule has 1 aromatic rings. The van der Waals surface area contributed by atoms with Gasteiger partial charge in [0.1, 0.15) is 0 Å². The van der Waals surface area contributed by atoms with Crippen LogP contribution < -0.4 is 14.8 Å². The van der Waals surface area contributed by atoms with Crippen molar-refractivity contribution in [3.8, 4) is 17.6 Å². The first-order valence-corrected chi connectivity index (χ1v) is 5.76. The molecule has 2 rings (SSSR count). The highest BCUT2D eigenvalue weighted by molar-refractivity contribution is 5.45. The molecular formula is C13H16N2O2. The van der Waals surface area contributed by atoms with Crippen LogP contribution in [0.4, 0.5) is 0 Å². The van der Waals surface area contributed by atoms with Gasteiger partial charge < -0.3 is 14.8 Å². The summed E-state index contributed by atoms with van der Waals surface area (Å²) in [6.07, 6.45) is 0.816. The van der Waals surface area contributed by atoms with E-state index in [2.05, 4.69) is 11.4 Å². The van der Waals surface area contributed by atoms with E-state index < -0.39 is 0 Å². The predicted molar refractivity (Wildman–Crippen MR) is 63.8 cm³/mol. The summed E-state index contributed by atoms with van der Waals surface area (Å²) in [6, 6.07) is 8.19. The summed E-state index contributed by atoms with van der Waals surface area (Å²) in [7, 11) is 1.87. The Hall–Kier alpha value is -1.73. The van der Waals surface area contributed by atoms with Crippen LogP contribution >= 0.6 is 0 Å². The van der Waals surface area contributed by atoms with Crippen molar-refractivity contribution in [1.82, 2.24) is 5.32 Å². The van der Waals surface area contributed by atoms with Gasteiger partial charge in [-0.3, -0.25) is 0 Å². The minimum Gasteiger partial charge on any atom is -0.454 e. The second-order valence-electron chi connectivity index (χ2n) is 4.02. The SMILES string of the molecule is CCC(C#N)C(NC)c1ccc2c(c1)OCO2. The zero-order chi connectivity index (χ0) is 12.3. The minimum atomic E-state index is -0.0413. The lowest BCUT2D eigenvalue weighted by atomic mass is 9.92. The Balaban J connectivity index is 2.29. The molecule has 1 aliphatic heterocycles. The van der Waals surface area contributed by atoms with Crippen molar-refractivity contribution in [2.75, 3.05) is 13.8 Å². The third-order valence-electron chi connectivity index (χ3n) is 3.07. The van der Waals surface area contributed by atoms with Crippen LogP contribution in [0.2, 0.25) is 0 Å². The fourth-order valence-electron chi connectivity index (χ4n) is 2.11. The van der Waals surface area contributed by atoms with Crippen molar-refractivity contribution >= 4 is 0 Å². The number of fused-ring (bicyclic) bond motifs is 1. The number of nitrogens with zero attached hydrogens (tertiary/aromatic N) is 1. The van der Waals surface area contributed by atoms with Crippen molar-refractivity contribution < 1.29 is 9.47 Å². The van der Waals surface area contributed by atoms with Gasteiger partial charge in [-0.25, -0.2) is 0 Å². The molecule has 1 aliphatic rings. The number of nitriles is 1. The molecule has 4 heteroatoms. The van der Waals surface area contributed by atoms with Crippen molar-refractivity contribution in [3.63, 3.8) is 0 Å².